The maximum Gasteiger partial charge on any atom is 0.137 e. The molecular formula is C16H16FN3. The van der Waals surface area contributed by atoms with E-state index in [4.69, 9.17) is 5.73 Å². The van der Waals surface area contributed by atoms with E-state index in [1.165, 1.54) is 6.07 Å². The summed E-state index contributed by atoms with van der Waals surface area (Å²) in [4.78, 5) is 4.66. The van der Waals surface area contributed by atoms with E-state index in [2.05, 4.69) is 4.98 Å². The maximum atomic E-state index is 13.4. The van der Waals surface area contributed by atoms with Gasteiger partial charge in [0.2, 0.25) is 0 Å². The van der Waals surface area contributed by atoms with Gasteiger partial charge in [0.25, 0.3) is 0 Å². The quantitative estimate of drug-likeness (QED) is 0.794. The SMILES string of the molecule is Cc1cc(-c2nc3ccccn3c2CCN)ccc1F. The van der Waals surface area contributed by atoms with E-state index in [1.807, 2.05) is 34.9 Å². The van der Waals surface area contributed by atoms with Gasteiger partial charge >= 0.3 is 0 Å². The second kappa shape index (κ2) is 5.06. The number of rotatable bonds is 3. The molecule has 0 atom stereocenters. The van der Waals surface area contributed by atoms with Gasteiger partial charge in [0, 0.05) is 18.2 Å². The summed E-state index contributed by atoms with van der Waals surface area (Å²) in [5.41, 5.74) is 10.1. The zero-order valence-electron chi connectivity index (χ0n) is 11.3. The van der Waals surface area contributed by atoms with Gasteiger partial charge < -0.3 is 10.1 Å². The fourth-order valence-electron chi connectivity index (χ4n) is 2.45. The number of nitrogens with zero attached hydrogens (tertiary/aromatic N) is 2. The minimum atomic E-state index is -0.196. The van der Waals surface area contributed by atoms with Crippen molar-refractivity contribution in [1.29, 1.82) is 0 Å². The van der Waals surface area contributed by atoms with Gasteiger partial charge in [0.05, 0.1) is 11.4 Å². The first-order valence-electron chi connectivity index (χ1n) is 6.63. The fourth-order valence-corrected chi connectivity index (χ4v) is 2.45. The van der Waals surface area contributed by atoms with Crippen LogP contribution >= 0.6 is 0 Å². The second-order valence-electron chi connectivity index (χ2n) is 4.84. The summed E-state index contributed by atoms with van der Waals surface area (Å²) in [6, 6.07) is 11.0. The molecule has 0 saturated heterocycles. The summed E-state index contributed by atoms with van der Waals surface area (Å²) < 4.78 is 15.5. The Labute approximate surface area is 116 Å². The van der Waals surface area contributed by atoms with E-state index in [0.29, 0.717) is 12.1 Å². The molecule has 2 aromatic heterocycles. The molecule has 0 unspecified atom stereocenters. The highest BCUT2D eigenvalue weighted by molar-refractivity contribution is 5.67. The molecule has 0 aliphatic carbocycles. The van der Waals surface area contributed by atoms with Gasteiger partial charge in [0.15, 0.2) is 0 Å². The Kier molecular flexibility index (Phi) is 3.24. The molecule has 0 aliphatic rings. The van der Waals surface area contributed by atoms with E-state index in [1.54, 1.807) is 13.0 Å². The van der Waals surface area contributed by atoms with Crippen LogP contribution < -0.4 is 5.73 Å². The van der Waals surface area contributed by atoms with E-state index in [9.17, 15) is 4.39 Å². The molecule has 1 aromatic carbocycles. The molecule has 0 amide bonds. The van der Waals surface area contributed by atoms with Crippen LogP contribution in [-0.4, -0.2) is 15.9 Å². The van der Waals surface area contributed by atoms with Crippen molar-refractivity contribution < 1.29 is 4.39 Å². The van der Waals surface area contributed by atoms with Crippen LogP contribution in [0.3, 0.4) is 0 Å². The summed E-state index contributed by atoms with van der Waals surface area (Å²) in [6.07, 6.45) is 2.71. The molecule has 2 heterocycles. The lowest BCUT2D eigenvalue weighted by Gasteiger charge is -2.05. The zero-order valence-corrected chi connectivity index (χ0v) is 11.3. The molecule has 20 heavy (non-hydrogen) atoms. The molecule has 0 radical (unpaired) electrons. The smallest absolute Gasteiger partial charge is 0.137 e. The van der Waals surface area contributed by atoms with Crippen molar-refractivity contribution in [2.45, 2.75) is 13.3 Å². The predicted molar refractivity (Wildman–Crippen MR) is 78.1 cm³/mol. The van der Waals surface area contributed by atoms with Gasteiger partial charge in [-0.2, -0.15) is 0 Å². The van der Waals surface area contributed by atoms with Gasteiger partial charge in [-0.05, 0) is 49.4 Å². The average molecular weight is 269 g/mol. The normalized spacial score (nSPS) is 11.2. The number of nitrogens with two attached hydrogens (primary N) is 1. The number of aryl methyl sites for hydroxylation is 1. The molecule has 2 N–H and O–H groups in total. The number of hydrogen-bond acceptors (Lipinski definition) is 2. The predicted octanol–water partition coefficient (Wildman–Crippen LogP) is 2.95. The highest BCUT2D eigenvalue weighted by atomic mass is 19.1. The standard InChI is InChI=1S/C16H16FN3/c1-11-10-12(5-6-13(11)17)16-14(7-8-18)20-9-3-2-4-15(20)19-16/h2-6,9-10H,7-8,18H2,1H3. The van der Waals surface area contributed by atoms with Crippen LogP contribution in [0.25, 0.3) is 16.9 Å². The summed E-state index contributed by atoms with van der Waals surface area (Å²) >= 11 is 0. The van der Waals surface area contributed by atoms with Crippen LogP contribution in [0.5, 0.6) is 0 Å². The number of pyridine rings is 1. The first kappa shape index (κ1) is 12.8. The second-order valence-corrected chi connectivity index (χ2v) is 4.84. The lowest BCUT2D eigenvalue weighted by molar-refractivity contribution is 0.618. The molecule has 0 spiro atoms. The molecule has 0 saturated carbocycles. The Morgan fingerprint density at radius 3 is 2.85 bits per heavy atom. The van der Waals surface area contributed by atoms with Crippen molar-refractivity contribution in [1.82, 2.24) is 9.38 Å². The minimum Gasteiger partial charge on any atom is -0.330 e. The van der Waals surface area contributed by atoms with Crippen molar-refractivity contribution in [2.24, 2.45) is 5.73 Å². The number of hydrogen-bond donors (Lipinski definition) is 1. The topological polar surface area (TPSA) is 43.3 Å². The number of benzene rings is 1. The van der Waals surface area contributed by atoms with E-state index >= 15 is 0 Å². The summed E-state index contributed by atoms with van der Waals surface area (Å²) in [5.74, 6) is -0.196. The number of aromatic nitrogens is 2. The summed E-state index contributed by atoms with van der Waals surface area (Å²) in [5, 5.41) is 0. The van der Waals surface area contributed by atoms with Gasteiger partial charge in [-0.3, -0.25) is 0 Å². The average Bonchev–Trinajstić information content (AvgIpc) is 2.82. The Balaban J connectivity index is 2.23. The van der Waals surface area contributed by atoms with E-state index in [0.717, 1.165) is 29.0 Å². The lowest BCUT2D eigenvalue weighted by Crippen LogP contribution is -2.06. The molecule has 102 valence electrons. The van der Waals surface area contributed by atoms with Crippen LogP contribution in [0.15, 0.2) is 42.6 Å². The van der Waals surface area contributed by atoms with E-state index in [-0.39, 0.29) is 5.82 Å². The van der Waals surface area contributed by atoms with Gasteiger partial charge in [-0.1, -0.05) is 6.07 Å². The van der Waals surface area contributed by atoms with Crippen molar-refractivity contribution in [3.05, 3.63) is 59.7 Å². The van der Waals surface area contributed by atoms with Crippen LogP contribution in [0.2, 0.25) is 0 Å². The van der Waals surface area contributed by atoms with Gasteiger partial charge in [-0.25, -0.2) is 9.37 Å². The third-order valence-electron chi connectivity index (χ3n) is 3.44. The maximum absolute atomic E-state index is 13.4. The van der Waals surface area contributed by atoms with E-state index < -0.39 is 0 Å². The minimum absolute atomic E-state index is 0.196. The van der Waals surface area contributed by atoms with Crippen molar-refractivity contribution >= 4 is 5.65 Å². The third-order valence-corrected chi connectivity index (χ3v) is 3.44. The number of halogens is 1. The molecule has 3 aromatic rings. The molecule has 4 heteroatoms. The van der Waals surface area contributed by atoms with Crippen LogP contribution in [-0.2, 0) is 6.42 Å². The Bertz CT molecular complexity index is 762. The molecule has 3 rings (SSSR count). The summed E-state index contributed by atoms with van der Waals surface area (Å²) in [6.45, 7) is 2.31. The molecular weight excluding hydrogens is 253 g/mol. The highest BCUT2D eigenvalue weighted by Gasteiger charge is 2.13. The molecule has 0 fully saturated rings. The Morgan fingerprint density at radius 1 is 1.25 bits per heavy atom. The van der Waals surface area contributed by atoms with Crippen LogP contribution in [0, 0.1) is 12.7 Å². The largest absolute Gasteiger partial charge is 0.330 e. The fraction of sp³-hybridized carbons (Fsp3) is 0.188. The molecule has 3 nitrogen and oxygen atoms in total. The molecule has 0 aliphatic heterocycles. The lowest BCUT2D eigenvalue weighted by atomic mass is 10.1. The summed E-state index contributed by atoms with van der Waals surface area (Å²) in [7, 11) is 0. The number of imidazole rings is 1. The first-order chi connectivity index (χ1) is 9.70. The Hall–Kier alpha value is -2.20. The third kappa shape index (κ3) is 2.08. The monoisotopic (exact) mass is 269 g/mol. The van der Waals surface area contributed by atoms with Crippen molar-refractivity contribution in [3.63, 3.8) is 0 Å². The van der Waals surface area contributed by atoms with Crippen LogP contribution in [0.4, 0.5) is 4.39 Å². The Morgan fingerprint density at radius 2 is 2.10 bits per heavy atom. The first-order valence-corrected chi connectivity index (χ1v) is 6.63. The van der Waals surface area contributed by atoms with Gasteiger partial charge in [-0.15, -0.1) is 0 Å². The van der Waals surface area contributed by atoms with Gasteiger partial charge in [0.1, 0.15) is 11.5 Å². The van der Waals surface area contributed by atoms with Crippen molar-refractivity contribution in [2.75, 3.05) is 6.54 Å². The molecule has 0 bridgehead atoms. The van der Waals surface area contributed by atoms with Crippen LogP contribution in [0.1, 0.15) is 11.3 Å². The highest BCUT2D eigenvalue weighted by Crippen LogP contribution is 2.26. The number of fused-ring (bicyclic) bond motifs is 1. The van der Waals surface area contributed by atoms with Crippen molar-refractivity contribution in [3.8, 4) is 11.3 Å². The zero-order chi connectivity index (χ0) is 14.1.